The van der Waals surface area contributed by atoms with Crippen LogP contribution in [0, 0.1) is 0 Å². The van der Waals surface area contributed by atoms with E-state index in [0.29, 0.717) is 24.0 Å². The molecule has 3 aromatic carbocycles. The number of hydrogen-bond donors (Lipinski definition) is 11. The molecule has 0 spiro atoms. The summed E-state index contributed by atoms with van der Waals surface area (Å²) in [6.45, 7) is 1.94. The second-order valence-electron chi connectivity index (χ2n) is 16.3. The second kappa shape index (κ2) is 24.0. The number of guanidine groups is 1. The number of amides is 7. The van der Waals surface area contributed by atoms with Gasteiger partial charge in [0.15, 0.2) is 5.96 Å². The molecule has 4 aromatic rings. The summed E-state index contributed by atoms with van der Waals surface area (Å²) in [7, 11) is 0. The Morgan fingerprint density at radius 2 is 1.24 bits per heavy atom. The molecule has 0 aliphatic carbocycles. The molecule has 6 atom stereocenters. The summed E-state index contributed by atoms with van der Waals surface area (Å²) in [4.78, 5) is 116. The Morgan fingerprint density at radius 1 is 0.667 bits per heavy atom. The van der Waals surface area contributed by atoms with Gasteiger partial charge in [-0.1, -0.05) is 80.4 Å². The summed E-state index contributed by atoms with van der Waals surface area (Å²) in [6, 6.07) is 12.1. The van der Waals surface area contributed by atoms with Crippen LogP contribution in [0.5, 0.6) is 0 Å². The van der Waals surface area contributed by atoms with Crippen LogP contribution in [0.3, 0.4) is 0 Å². The number of carbonyl (C=O) groups excluding carboxylic acids is 7. The molecule has 2 heterocycles. The van der Waals surface area contributed by atoms with Crippen LogP contribution in [0.25, 0.3) is 21.7 Å². The number of aliphatic imine (C=N–C) groups is 1. The van der Waals surface area contributed by atoms with E-state index in [-0.39, 0.29) is 63.9 Å². The zero-order valence-corrected chi connectivity index (χ0v) is 36.8. The smallest absolute Gasteiger partial charge is 0.303 e. The predicted octanol–water partition coefficient (Wildman–Crippen LogP) is 0.403. The van der Waals surface area contributed by atoms with Gasteiger partial charge in [-0.05, 0) is 60.1 Å². The number of carbonyl (C=O) groups is 8. The summed E-state index contributed by atoms with van der Waals surface area (Å²) >= 11 is 0. The topological polar surface area (TPSA) is 335 Å². The van der Waals surface area contributed by atoms with Crippen molar-refractivity contribution in [1.82, 2.24) is 36.9 Å². The fraction of sp³-hybridized carbons (Fsp3) is 0.413. The third-order valence-electron chi connectivity index (χ3n) is 11.3. The highest BCUT2D eigenvalue weighted by Gasteiger charge is 2.34. The van der Waals surface area contributed by atoms with E-state index in [0.717, 1.165) is 21.7 Å². The van der Waals surface area contributed by atoms with Crippen molar-refractivity contribution < 1.29 is 43.5 Å². The van der Waals surface area contributed by atoms with Crippen molar-refractivity contribution in [3.05, 3.63) is 84.1 Å². The summed E-state index contributed by atoms with van der Waals surface area (Å²) in [6.07, 6.45) is 1.29. The second-order valence-corrected chi connectivity index (χ2v) is 16.3. The van der Waals surface area contributed by atoms with Gasteiger partial charge < -0.3 is 59.2 Å². The van der Waals surface area contributed by atoms with E-state index in [2.05, 4.69) is 41.9 Å². The molecule has 1 saturated heterocycles. The van der Waals surface area contributed by atoms with Crippen LogP contribution in [0.4, 0.5) is 0 Å². The van der Waals surface area contributed by atoms with Gasteiger partial charge in [-0.3, -0.25) is 43.3 Å². The van der Waals surface area contributed by atoms with E-state index in [1.165, 1.54) is 0 Å². The lowest BCUT2D eigenvalue weighted by molar-refractivity contribution is -0.138. The Labute approximate surface area is 381 Å². The van der Waals surface area contributed by atoms with Crippen LogP contribution in [0.2, 0.25) is 0 Å². The molecule has 1 aliphatic heterocycles. The number of fused-ring (bicyclic) bond motifs is 2. The highest BCUT2D eigenvalue weighted by Crippen LogP contribution is 2.21. The number of primary amides is 1. The zero-order chi connectivity index (χ0) is 47.8. The molecule has 0 bridgehead atoms. The maximum Gasteiger partial charge on any atom is 0.303 e. The number of aromatic amines is 1. The predicted molar refractivity (Wildman–Crippen MR) is 246 cm³/mol. The van der Waals surface area contributed by atoms with Crippen LogP contribution in [0.15, 0.2) is 77.9 Å². The van der Waals surface area contributed by atoms with Gasteiger partial charge in [0.25, 0.3) is 0 Å². The Morgan fingerprint density at radius 3 is 1.91 bits per heavy atom. The van der Waals surface area contributed by atoms with Crippen molar-refractivity contribution in [3.8, 4) is 0 Å². The summed E-state index contributed by atoms with van der Waals surface area (Å²) in [5.41, 5.74) is 18.8. The number of para-hydroxylation sites is 1. The molecule has 7 amide bonds. The first-order chi connectivity index (χ1) is 31.6. The molecule has 14 N–H and O–H groups in total. The van der Waals surface area contributed by atoms with E-state index in [1.807, 2.05) is 61.5 Å². The van der Waals surface area contributed by atoms with E-state index in [1.54, 1.807) is 18.3 Å². The number of hydrogen-bond acceptors (Lipinski definition) is 9. The Hall–Kier alpha value is -7.51. The lowest BCUT2D eigenvalue weighted by atomic mass is 9.99. The van der Waals surface area contributed by atoms with Crippen molar-refractivity contribution >= 4 is 75.0 Å². The van der Waals surface area contributed by atoms with Crippen molar-refractivity contribution in [2.24, 2.45) is 22.2 Å². The van der Waals surface area contributed by atoms with E-state index < -0.39 is 90.0 Å². The molecule has 20 heteroatoms. The highest BCUT2D eigenvalue weighted by molar-refractivity contribution is 5.98. The van der Waals surface area contributed by atoms with Crippen molar-refractivity contribution in [1.29, 1.82) is 0 Å². The van der Waals surface area contributed by atoms with Crippen LogP contribution < -0.4 is 49.1 Å². The molecule has 66 heavy (non-hydrogen) atoms. The van der Waals surface area contributed by atoms with Gasteiger partial charge in [-0.25, -0.2) is 0 Å². The third-order valence-corrected chi connectivity index (χ3v) is 11.3. The van der Waals surface area contributed by atoms with Crippen molar-refractivity contribution in [2.75, 3.05) is 6.54 Å². The number of aromatic nitrogens is 1. The molecular weight excluding hydrogens is 851 g/mol. The lowest BCUT2D eigenvalue weighted by Gasteiger charge is -2.28. The van der Waals surface area contributed by atoms with Gasteiger partial charge in [0.2, 0.25) is 41.4 Å². The maximum atomic E-state index is 14.6. The maximum absolute atomic E-state index is 14.6. The molecule has 0 radical (unpaired) electrons. The third kappa shape index (κ3) is 14.5. The number of carboxylic acids is 1. The van der Waals surface area contributed by atoms with E-state index in [4.69, 9.17) is 17.2 Å². The van der Waals surface area contributed by atoms with Gasteiger partial charge >= 0.3 is 5.97 Å². The normalized spacial score (nSPS) is 21.7. The molecule has 5 rings (SSSR count). The number of unbranched alkanes of at least 4 members (excludes halogenated alkanes) is 1. The monoisotopic (exact) mass is 909 g/mol. The quantitative estimate of drug-likeness (QED) is 0.0441. The zero-order valence-electron chi connectivity index (χ0n) is 36.8. The van der Waals surface area contributed by atoms with Crippen molar-refractivity contribution in [3.63, 3.8) is 0 Å². The van der Waals surface area contributed by atoms with Gasteiger partial charge in [-0.15, -0.1) is 0 Å². The number of rotatable bonds is 15. The molecule has 0 saturated carbocycles. The van der Waals surface area contributed by atoms with Gasteiger partial charge in [0.1, 0.15) is 36.3 Å². The molecular formula is C46H59N11O9. The minimum absolute atomic E-state index is 0.0537. The number of nitrogens with two attached hydrogens (primary N) is 3. The average molecular weight is 910 g/mol. The Balaban J connectivity index is 1.58. The average Bonchev–Trinajstić information content (AvgIpc) is 3.69. The first-order valence-corrected chi connectivity index (χ1v) is 22.0. The molecule has 0 unspecified atom stereocenters. The Kier molecular flexibility index (Phi) is 18.0. The van der Waals surface area contributed by atoms with Crippen LogP contribution >= 0.6 is 0 Å². The van der Waals surface area contributed by atoms with Crippen molar-refractivity contribution in [2.45, 2.75) is 114 Å². The van der Waals surface area contributed by atoms with Gasteiger partial charge in [0.05, 0.1) is 0 Å². The largest absolute Gasteiger partial charge is 0.481 e. The van der Waals surface area contributed by atoms with Crippen LogP contribution in [-0.2, 0) is 51.2 Å². The van der Waals surface area contributed by atoms with Gasteiger partial charge in [0, 0.05) is 49.3 Å². The fourth-order valence-electron chi connectivity index (χ4n) is 7.72. The first kappa shape index (κ1) is 49.5. The minimum atomic E-state index is -1.48. The standard InChI is InChI=1S/C46H59N11O9/c1-2-3-12-33-41(62)55-35(18-20-39(59)60)43(64)56-36(23-26-15-16-27-9-4-5-10-28(27)22-26)44(65)54-34(14-8-21-50-46(48)49)42(63)57-37(24-29-25-51-31-13-7-6-11-30(29)31)45(66)53-32(40(47)61)17-19-38(58)52-33/h4-7,9-11,13,15-16,22,25,32-37,51H,2-3,8,12,14,17-21,23-24H2,1H3,(H2,47,61)(H,52,58)(H,53,66)(H,54,65)(H,55,62)(H,56,64)(H,57,63)(H,59,60)(H4,48,49,50)/t32-,33-,34-,35-,36+,37-/m0/s1. The number of H-pyrrole nitrogens is 1. The van der Waals surface area contributed by atoms with E-state index >= 15 is 0 Å². The minimum Gasteiger partial charge on any atom is -0.481 e. The Bertz CT molecular complexity index is 2430. The number of nitrogens with one attached hydrogen (secondary N) is 7. The summed E-state index contributed by atoms with van der Waals surface area (Å²) in [5, 5.41) is 28.1. The number of nitrogens with zero attached hydrogens (tertiary/aromatic N) is 1. The molecule has 1 aromatic heterocycles. The summed E-state index contributed by atoms with van der Waals surface area (Å²) < 4.78 is 0. The van der Waals surface area contributed by atoms with E-state index in [9.17, 15) is 43.5 Å². The first-order valence-electron chi connectivity index (χ1n) is 22.0. The van der Waals surface area contributed by atoms with Crippen LogP contribution in [-0.4, -0.2) is 106 Å². The highest BCUT2D eigenvalue weighted by atomic mass is 16.4. The molecule has 1 aliphatic rings. The van der Waals surface area contributed by atoms with Crippen LogP contribution in [0.1, 0.15) is 75.8 Å². The molecule has 1 fully saturated rings. The SMILES string of the molecule is CCCC[C@@H]1NC(=O)CC[C@@H](C(N)=O)NC(=O)[C@H](Cc2c[nH]c3ccccc23)NC(=O)[C@H](CCCN=C(N)N)NC(=O)[C@@H](Cc2ccc3ccccc3c2)NC(=O)[C@H](CCC(=O)O)NC1=O. The fourth-order valence-corrected chi connectivity index (χ4v) is 7.72. The number of benzene rings is 3. The number of aliphatic carboxylic acids is 1. The molecule has 20 nitrogen and oxygen atoms in total. The molecule has 352 valence electrons. The lowest BCUT2D eigenvalue weighted by Crippen LogP contribution is -2.60. The number of carboxylic acid groups (broad SMARTS) is 1. The van der Waals surface area contributed by atoms with Gasteiger partial charge in [-0.2, -0.15) is 0 Å². The summed E-state index contributed by atoms with van der Waals surface area (Å²) in [5.74, 6) is -7.22.